The monoisotopic (exact) mass is 493 g/mol. The van der Waals surface area contributed by atoms with Crippen LogP contribution in [0, 0.1) is 0 Å². The molecule has 0 aliphatic carbocycles. The number of aliphatic imine (C=N–C) groups is 1. The summed E-state index contributed by atoms with van der Waals surface area (Å²) in [5, 5.41) is 15.0. The molecule has 8 heteroatoms. The van der Waals surface area contributed by atoms with Gasteiger partial charge in [-0.1, -0.05) is 30.3 Å². The molecular formula is C20H28IN7. The third-order valence-corrected chi connectivity index (χ3v) is 4.08. The summed E-state index contributed by atoms with van der Waals surface area (Å²) in [4.78, 5) is 6.84. The molecule has 0 aliphatic heterocycles. The molecule has 3 rings (SSSR count). The standard InChI is InChI=1S/C20H27N7.HI/c1-4-21-20(22-13-16-8-10-17(11-9-16)15-26(2)3)23-14-19-25-24-18-7-5-6-12-27(18)19;/h5-12H,4,13-15H2,1-3H3,(H2,21,22,23);1H. The maximum absolute atomic E-state index is 4.68. The summed E-state index contributed by atoms with van der Waals surface area (Å²) in [6.45, 7) is 4.98. The van der Waals surface area contributed by atoms with Crippen LogP contribution < -0.4 is 10.6 Å². The van der Waals surface area contributed by atoms with Crippen molar-refractivity contribution >= 4 is 35.6 Å². The Kier molecular flexibility index (Phi) is 8.65. The van der Waals surface area contributed by atoms with E-state index in [1.54, 1.807) is 0 Å². The molecule has 0 spiro atoms. The topological polar surface area (TPSA) is 69.8 Å². The summed E-state index contributed by atoms with van der Waals surface area (Å²) in [7, 11) is 4.15. The molecule has 28 heavy (non-hydrogen) atoms. The van der Waals surface area contributed by atoms with Crippen molar-refractivity contribution in [2.24, 2.45) is 4.99 Å². The molecule has 1 aromatic carbocycles. The van der Waals surface area contributed by atoms with Gasteiger partial charge in [-0.25, -0.2) is 4.99 Å². The molecule has 0 radical (unpaired) electrons. The second-order valence-corrected chi connectivity index (χ2v) is 6.65. The Bertz CT molecular complexity index is 887. The van der Waals surface area contributed by atoms with E-state index in [9.17, 15) is 0 Å². The van der Waals surface area contributed by atoms with Gasteiger partial charge in [-0.3, -0.25) is 4.40 Å². The van der Waals surface area contributed by atoms with Crippen molar-refractivity contribution in [3.63, 3.8) is 0 Å². The van der Waals surface area contributed by atoms with Crippen LogP contribution in [0.5, 0.6) is 0 Å². The number of nitrogens with zero attached hydrogens (tertiary/aromatic N) is 5. The first-order valence-corrected chi connectivity index (χ1v) is 9.19. The van der Waals surface area contributed by atoms with Gasteiger partial charge >= 0.3 is 0 Å². The van der Waals surface area contributed by atoms with Gasteiger partial charge in [-0.2, -0.15) is 0 Å². The van der Waals surface area contributed by atoms with Crippen LogP contribution in [0.3, 0.4) is 0 Å². The van der Waals surface area contributed by atoms with Crippen molar-refractivity contribution in [1.29, 1.82) is 0 Å². The Morgan fingerprint density at radius 2 is 1.79 bits per heavy atom. The van der Waals surface area contributed by atoms with Gasteiger partial charge < -0.3 is 15.5 Å². The van der Waals surface area contributed by atoms with Crippen LogP contribution in [0.4, 0.5) is 0 Å². The van der Waals surface area contributed by atoms with Crippen LogP contribution in [0.15, 0.2) is 53.7 Å². The van der Waals surface area contributed by atoms with Crippen LogP contribution in [0.1, 0.15) is 23.9 Å². The highest BCUT2D eigenvalue weighted by molar-refractivity contribution is 14.0. The summed E-state index contributed by atoms with van der Waals surface area (Å²) >= 11 is 0. The quantitative estimate of drug-likeness (QED) is 0.301. The lowest BCUT2D eigenvalue weighted by Crippen LogP contribution is -2.37. The predicted molar refractivity (Wildman–Crippen MR) is 124 cm³/mol. The lowest BCUT2D eigenvalue weighted by Gasteiger charge is -2.11. The molecule has 7 nitrogen and oxygen atoms in total. The first-order valence-electron chi connectivity index (χ1n) is 9.19. The van der Waals surface area contributed by atoms with Crippen LogP contribution in [-0.4, -0.2) is 46.1 Å². The summed E-state index contributed by atoms with van der Waals surface area (Å²) in [6, 6.07) is 14.5. The third kappa shape index (κ3) is 6.16. The minimum atomic E-state index is 0. The van der Waals surface area contributed by atoms with E-state index in [4.69, 9.17) is 0 Å². The first kappa shape index (κ1) is 22.1. The Hall–Kier alpha value is -2.20. The number of nitrogens with one attached hydrogen (secondary N) is 2. The zero-order chi connectivity index (χ0) is 19.1. The van der Waals surface area contributed by atoms with E-state index in [0.717, 1.165) is 30.5 Å². The number of hydrogen-bond acceptors (Lipinski definition) is 4. The van der Waals surface area contributed by atoms with Crippen molar-refractivity contribution in [2.45, 2.75) is 26.6 Å². The largest absolute Gasteiger partial charge is 0.357 e. The van der Waals surface area contributed by atoms with E-state index in [2.05, 4.69) is 76.0 Å². The molecular weight excluding hydrogens is 465 g/mol. The molecule has 0 atom stereocenters. The second kappa shape index (κ2) is 11.0. The number of benzene rings is 1. The van der Waals surface area contributed by atoms with Gasteiger partial charge in [0.05, 0.1) is 13.1 Å². The number of guanidine groups is 1. The van der Waals surface area contributed by atoms with Crippen LogP contribution in [0.25, 0.3) is 5.65 Å². The van der Waals surface area contributed by atoms with Gasteiger partial charge in [0.2, 0.25) is 0 Å². The Balaban J connectivity index is 0.00000280. The van der Waals surface area contributed by atoms with Gasteiger partial charge in [-0.15, -0.1) is 34.2 Å². The van der Waals surface area contributed by atoms with Gasteiger partial charge in [0.1, 0.15) is 0 Å². The maximum atomic E-state index is 4.68. The van der Waals surface area contributed by atoms with E-state index < -0.39 is 0 Å². The average molecular weight is 493 g/mol. The maximum Gasteiger partial charge on any atom is 0.191 e. The molecule has 0 saturated carbocycles. The molecule has 150 valence electrons. The Morgan fingerprint density at radius 1 is 1.04 bits per heavy atom. The summed E-state index contributed by atoms with van der Waals surface area (Å²) in [6.07, 6.45) is 1.96. The van der Waals surface area contributed by atoms with Gasteiger partial charge in [0.15, 0.2) is 17.4 Å². The van der Waals surface area contributed by atoms with Gasteiger partial charge in [0.25, 0.3) is 0 Å². The fourth-order valence-electron chi connectivity index (χ4n) is 2.80. The number of rotatable bonds is 7. The van der Waals surface area contributed by atoms with E-state index >= 15 is 0 Å². The summed E-state index contributed by atoms with van der Waals surface area (Å²) in [5.41, 5.74) is 3.33. The van der Waals surface area contributed by atoms with Crippen molar-refractivity contribution in [1.82, 2.24) is 30.1 Å². The molecule has 0 amide bonds. The Labute approximate surface area is 183 Å². The van der Waals surface area contributed by atoms with E-state index in [0.29, 0.717) is 13.1 Å². The lowest BCUT2D eigenvalue weighted by molar-refractivity contribution is 0.402. The van der Waals surface area contributed by atoms with Gasteiger partial charge in [0, 0.05) is 19.3 Å². The molecule has 0 bridgehead atoms. The minimum absolute atomic E-state index is 0. The molecule has 2 aromatic heterocycles. The van der Waals surface area contributed by atoms with Crippen LogP contribution >= 0.6 is 24.0 Å². The molecule has 3 aromatic rings. The molecule has 0 fully saturated rings. The fourth-order valence-corrected chi connectivity index (χ4v) is 2.80. The van der Waals surface area contributed by atoms with E-state index in [1.807, 2.05) is 28.8 Å². The van der Waals surface area contributed by atoms with Gasteiger partial charge in [-0.05, 0) is 44.3 Å². The number of hydrogen-bond donors (Lipinski definition) is 2. The fraction of sp³-hybridized carbons (Fsp3) is 0.350. The zero-order valence-electron chi connectivity index (χ0n) is 16.6. The van der Waals surface area contributed by atoms with Crippen molar-refractivity contribution in [2.75, 3.05) is 20.6 Å². The van der Waals surface area contributed by atoms with Crippen molar-refractivity contribution in [3.05, 3.63) is 65.6 Å². The predicted octanol–water partition coefficient (Wildman–Crippen LogP) is 2.66. The highest BCUT2D eigenvalue weighted by atomic mass is 127. The smallest absolute Gasteiger partial charge is 0.191 e. The normalized spacial score (nSPS) is 11.5. The summed E-state index contributed by atoms with van der Waals surface area (Å²) in [5.74, 6) is 1.62. The highest BCUT2D eigenvalue weighted by Crippen LogP contribution is 2.07. The molecule has 2 heterocycles. The van der Waals surface area contributed by atoms with E-state index in [1.165, 1.54) is 11.1 Å². The highest BCUT2D eigenvalue weighted by Gasteiger charge is 2.05. The molecule has 0 saturated heterocycles. The molecule has 2 N–H and O–H groups in total. The van der Waals surface area contributed by atoms with E-state index in [-0.39, 0.29) is 24.0 Å². The van der Waals surface area contributed by atoms with Crippen molar-refractivity contribution in [3.8, 4) is 0 Å². The third-order valence-electron chi connectivity index (χ3n) is 4.08. The molecule has 0 aliphatic rings. The average Bonchev–Trinajstić information content (AvgIpc) is 3.08. The van der Waals surface area contributed by atoms with Crippen LogP contribution in [-0.2, 0) is 19.6 Å². The SMILES string of the molecule is CCNC(=NCc1ccc(CN(C)C)cc1)NCc1nnc2ccccn12.I. The number of aromatic nitrogens is 3. The number of halogens is 1. The number of fused-ring (bicyclic) bond motifs is 1. The Morgan fingerprint density at radius 3 is 2.50 bits per heavy atom. The molecule has 0 unspecified atom stereocenters. The summed E-state index contributed by atoms with van der Waals surface area (Å²) < 4.78 is 1.97. The lowest BCUT2D eigenvalue weighted by atomic mass is 10.1. The minimum Gasteiger partial charge on any atom is -0.357 e. The van der Waals surface area contributed by atoms with Crippen LogP contribution in [0.2, 0.25) is 0 Å². The second-order valence-electron chi connectivity index (χ2n) is 6.65. The zero-order valence-corrected chi connectivity index (χ0v) is 18.9. The van der Waals surface area contributed by atoms with Crippen molar-refractivity contribution < 1.29 is 0 Å². The first-order chi connectivity index (χ1) is 13.2. The number of pyridine rings is 1.